The first kappa shape index (κ1) is 27.0. The number of rotatable bonds is 11. The van der Waals surface area contributed by atoms with Gasteiger partial charge in [-0.1, -0.05) is 6.07 Å². The van der Waals surface area contributed by atoms with Gasteiger partial charge in [0.15, 0.2) is 0 Å². The van der Waals surface area contributed by atoms with Gasteiger partial charge in [-0.2, -0.15) is 0 Å². The van der Waals surface area contributed by atoms with Crippen LogP contribution in [0.2, 0.25) is 0 Å². The number of halogens is 2. The van der Waals surface area contributed by atoms with Crippen molar-refractivity contribution in [2.75, 3.05) is 44.5 Å². The van der Waals surface area contributed by atoms with Gasteiger partial charge >= 0.3 is 0 Å². The second-order valence-electron chi connectivity index (χ2n) is 8.44. The molecule has 1 aromatic heterocycles. The monoisotopic (exact) mass is 510 g/mol. The lowest BCUT2D eigenvalue weighted by Gasteiger charge is -2.14. The van der Waals surface area contributed by atoms with Crippen molar-refractivity contribution in [2.24, 2.45) is 0 Å². The summed E-state index contributed by atoms with van der Waals surface area (Å²) < 4.78 is 24.9. The molecule has 0 saturated heterocycles. The van der Waals surface area contributed by atoms with E-state index in [0.717, 1.165) is 58.9 Å². The predicted molar refractivity (Wildman–Crippen MR) is 148 cm³/mol. The molecular formula is C28H32ClFN4O2. The van der Waals surface area contributed by atoms with Crippen LogP contribution in [0.15, 0.2) is 72.9 Å². The number of benzene rings is 3. The van der Waals surface area contributed by atoms with Crippen LogP contribution in [0.3, 0.4) is 0 Å². The summed E-state index contributed by atoms with van der Waals surface area (Å²) in [4.78, 5) is 6.56. The van der Waals surface area contributed by atoms with Gasteiger partial charge < -0.3 is 25.0 Å². The summed E-state index contributed by atoms with van der Waals surface area (Å²) in [6.07, 6.45) is 2.71. The lowest BCUT2D eigenvalue weighted by molar-refractivity contribution is 0.406. The molecule has 190 valence electrons. The lowest BCUT2D eigenvalue weighted by atomic mass is 10.1. The Morgan fingerprint density at radius 1 is 0.944 bits per heavy atom. The molecule has 1 heterocycles. The number of hydrogen-bond acceptors (Lipinski definition) is 6. The topological polar surface area (TPSA) is 58.6 Å². The van der Waals surface area contributed by atoms with Crippen LogP contribution in [0.1, 0.15) is 12.0 Å². The Labute approximate surface area is 217 Å². The quantitative estimate of drug-likeness (QED) is 0.232. The largest absolute Gasteiger partial charge is 0.496 e. The van der Waals surface area contributed by atoms with Crippen molar-refractivity contribution in [1.29, 1.82) is 0 Å². The smallest absolute Gasteiger partial charge is 0.129 e. The van der Waals surface area contributed by atoms with E-state index in [2.05, 4.69) is 15.6 Å². The highest BCUT2D eigenvalue weighted by Gasteiger charge is 2.07. The van der Waals surface area contributed by atoms with E-state index >= 15 is 0 Å². The van der Waals surface area contributed by atoms with E-state index in [9.17, 15) is 4.39 Å². The summed E-state index contributed by atoms with van der Waals surface area (Å²) in [6, 6.07) is 20.5. The number of methoxy groups -OCH3 is 1. The molecule has 0 spiro atoms. The molecule has 8 heteroatoms. The molecule has 36 heavy (non-hydrogen) atoms. The third-order valence-corrected chi connectivity index (χ3v) is 5.69. The first-order valence-electron chi connectivity index (χ1n) is 11.6. The summed E-state index contributed by atoms with van der Waals surface area (Å²) in [5.74, 6) is 1.96. The Kier molecular flexibility index (Phi) is 9.73. The van der Waals surface area contributed by atoms with Gasteiger partial charge in [0.1, 0.15) is 23.1 Å². The summed E-state index contributed by atoms with van der Waals surface area (Å²) in [5, 5.41) is 7.89. The highest BCUT2D eigenvalue weighted by atomic mass is 35.5. The number of hydrogen-bond donors (Lipinski definition) is 2. The fourth-order valence-corrected chi connectivity index (χ4v) is 3.85. The Balaban J connectivity index is 0.00000361. The molecule has 0 atom stereocenters. The first-order chi connectivity index (χ1) is 17.0. The second-order valence-corrected chi connectivity index (χ2v) is 8.44. The first-order valence-corrected chi connectivity index (χ1v) is 11.6. The highest BCUT2D eigenvalue weighted by molar-refractivity contribution is 5.91. The highest BCUT2D eigenvalue weighted by Crippen LogP contribution is 2.30. The maximum absolute atomic E-state index is 13.5. The van der Waals surface area contributed by atoms with Crippen LogP contribution in [-0.4, -0.2) is 39.3 Å². The maximum atomic E-state index is 13.5. The van der Waals surface area contributed by atoms with Crippen LogP contribution in [-0.2, 0) is 6.54 Å². The number of aromatic nitrogens is 1. The van der Waals surface area contributed by atoms with E-state index in [1.807, 2.05) is 67.5 Å². The van der Waals surface area contributed by atoms with E-state index in [-0.39, 0.29) is 18.2 Å². The summed E-state index contributed by atoms with van der Waals surface area (Å²) in [6.45, 7) is 2.14. The van der Waals surface area contributed by atoms with Crippen LogP contribution in [0, 0.1) is 5.82 Å². The Morgan fingerprint density at radius 3 is 2.58 bits per heavy atom. The molecule has 6 nitrogen and oxygen atoms in total. The minimum absolute atomic E-state index is 0. The minimum Gasteiger partial charge on any atom is -0.496 e. The molecule has 4 aromatic rings. The van der Waals surface area contributed by atoms with E-state index in [4.69, 9.17) is 9.47 Å². The van der Waals surface area contributed by atoms with Gasteiger partial charge in [0.25, 0.3) is 0 Å². The molecule has 4 rings (SSSR count). The average molecular weight is 511 g/mol. The van der Waals surface area contributed by atoms with Gasteiger partial charge in [0.2, 0.25) is 0 Å². The van der Waals surface area contributed by atoms with Crippen LogP contribution in [0.4, 0.5) is 15.8 Å². The number of nitrogens with zero attached hydrogens (tertiary/aromatic N) is 2. The lowest BCUT2D eigenvalue weighted by Crippen LogP contribution is -2.18. The van der Waals surface area contributed by atoms with Gasteiger partial charge in [-0.3, -0.25) is 4.98 Å². The van der Waals surface area contributed by atoms with Crippen molar-refractivity contribution in [2.45, 2.75) is 13.0 Å². The maximum Gasteiger partial charge on any atom is 0.129 e. The molecule has 0 aliphatic carbocycles. The van der Waals surface area contributed by atoms with E-state index in [0.29, 0.717) is 12.3 Å². The second kappa shape index (κ2) is 13.0. The van der Waals surface area contributed by atoms with Crippen molar-refractivity contribution >= 4 is 34.7 Å². The number of pyridine rings is 1. The van der Waals surface area contributed by atoms with Gasteiger partial charge in [-0.05, 0) is 61.5 Å². The zero-order valence-corrected chi connectivity index (χ0v) is 21.6. The molecule has 0 saturated carbocycles. The van der Waals surface area contributed by atoms with E-state index in [1.165, 1.54) is 12.1 Å². The van der Waals surface area contributed by atoms with Crippen molar-refractivity contribution < 1.29 is 13.9 Å². The SMILES string of the molecule is COc1ccc(F)cc1CNCCCNc1ccnc2cc(Oc3cccc(N(C)C)c3)ccc12.Cl. The molecule has 0 aliphatic heterocycles. The summed E-state index contributed by atoms with van der Waals surface area (Å²) in [7, 11) is 5.60. The molecule has 0 amide bonds. The average Bonchev–Trinajstić information content (AvgIpc) is 2.86. The Morgan fingerprint density at radius 2 is 1.78 bits per heavy atom. The molecular weight excluding hydrogens is 479 g/mol. The fourth-order valence-electron chi connectivity index (χ4n) is 3.85. The van der Waals surface area contributed by atoms with Crippen LogP contribution in [0.25, 0.3) is 10.9 Å². The number of fused-ring (bicyclic) bond motifs is 1. The zero-order valence-electron chi connectivity index (χ0n) is 20.8. The van der Waals surface area contributed by atoms with Gasteiger partial charge in [-0.25, -0.2) is 4.39 Å². The number of anilines is 2. The minimum atomic E-state index is -0.260. The van der Waals surface area contributed by atoms with Crippen LogP contribution in [0.5, 0.6) is 17.2 Å². The van der Waals surface area contributed by atoms with Gasteiger partial charge in [0.05, 0.1) is 12.6 Å². The van der Waals surface area contributed by atoms with E-state index < -0.39 is 0 Å². The normalized spacial score (nSPS) is 10.6. The summed E-state index contributed by atoms with van der Waals surface area (Å²) in [5.41, 5.74) is 3.79. The van der Waals surface area contributed by atoms with Crippen LogP contribution < -0.4 is 25.0 Å². The zero-order chi connectivity index (χ0) is 24.6. The standard InChI is InChI=1S/C28H31FN4O2.ClH/c1-33(2)22-6-4-7-23(17-22)35-24-9-10-25-26(12-15-32-27(25)18-24)31-14-5-13-30-19-20-16-21(29)8-11-28(20)34-3;/h4,6-12,15-18,30H,5,13-14,19H2,1-3H3,(H,31,32);1H. The predicted octanol–water partition coefficient (Wildman–Crippen LogP) is 6.25. The number of nitrogens with one attached hydrogen (secondary N) is 2. The Bertz CT molecular complexity index is 1290. The van der Waals surface area contributed by atoms with Crippen molar-refractivity contribution in [3.05, 3.63) is 84.3 Å². The molecule has 0 aliphatic rings. The molecule has 0 unspecified atom stereocenters. The van der Waals surface area contributed by atoms with Crippen molar-refractivity contribution in [3.63, 3.8) is 0 Å². The molecule has 0 bridgehead atoms. The third kappa shape index (κ3) is 6.99. The number of ether oxygens (including phenoxy) is 2. The Hall–Kier alpha value is -3.55. The molecule has 0 fully saturated rings. The molecule has 3 aromatic carbocycles. The van der Waals surface area contributed by atoms with Crippen molar-refractivity contribution in [3.8, 4) is 17.2 Å². The third-order valence-electron chi connectivity index (χ3n) is 5.69. The van der Waals surface area contributed by atoms with E-state index in [1.54, 1.807) is 19.4 Å². The molecule has 2 N–H and O–H groups in total. The van der Waals surface area contributed by atoms with Gasteiger partial charge in [0, 0.05) is 67.8 Å². The fraction of sp³-hybridized carbons (Fsp3) is 0.250. The van der Waals surface area contributed by atoms with Crippen molar-refractivity contribution in [1.82, 2.24) is 10.3 Å². The van der Waals surface area contributed by atoms with Crippen LogP contribution >= 0.6 is 12.4 Å². The van der Waals surface area contributed by atoms with Gasteiger partial charge in [-0.15, -0.1) is 12.4 Å². The molecule has 0 radical (unpaired) electrons. The summed E-state index contributed by atoms with van der Waals surface area (Å²) >= 11 is 0.